The van der Waals surface area contributed by atoms with Crippen LogP contribution in [0.4, 0.5) is 5.82 Å². The van der Waals surface area contributed by atoms with Crippen LogP contribution in [0.25, 0.3) is 11.0 Å². The molecule has 1 N–H and O–H groups in total. The molecule has 0 atom stereocenters. The number of aromatic nitrogens is 1. The minimum absolute atomic E-state index is 0.136. The number of nitrogens with zero attached hydrogens (tertiary/aromatic N) is 1. The van der Waals surface area contributed by atoms with Crippen LogP contribution in [0.2, 0.25) is 0 Å². The summed E-state index contributed by atoms with van der Waals surface area (Å²) in [5.74, 6) is 1.55. The highest BCUT2D eigenvalue weighted by molar-refractivity contribution is 5.91. The van der Waals surface area contributed by atoms with E-state index >= 15 is 0 Å². The van der Waals surface area contributed by atoms with Gasteiger partial charge in [0.05, 0.1) is 5.39 Å². The van der Waals surface area contributed by atoms with E-state index in [0.717, 1.165) is 5.69 Å². The molecule has 0 aliphatic rings. The third-order valence-corrected chi connectivity index (χ3v) is 4.48. The van der Waals surface area contributed by atoms with Crippen LogP contribution in [0.1, 0.15) is 11.5 Å². The second-order valence-corrected chi connectivity index (χ2v) is 6.89. The molecule has 4 aromatic rings. The lowest BCUT2D eigenvalue weighted by atomic mass is 10.2. The number of ether oxygens (including phenoxy) is 2. The number of benzene rings is 2. The zero-order valence-corrected chi connectivity index (χ0v) is 17.0. The van der Waals surface area contributed by atoms with Gasteiger partial charge in [0.1, 0.15) is 28.7 Å². The second-order valence-electron chi connectivity index (χ2n) is 6.89. The number of hydrogen-bond acceptors (Lipinski definition) is 6. The van der Waals surface area contributed by atoms with Gasteiger partial charge < -0.3 is 19.2 Å². The molecule has 4 rings (SSSR count). The van der Waals surface area contributed by atoms with Crippen LogP contribution in [-0.4, -0.2) is 17.5 Å². The molecule has 0 saturated heterocycles. The smallest absolute Gasteiger partial charge is 0.263 e. The number of aryl methyl sites for hydroxylation is 2. The highest BCUT2D eigenvalue weighted by atomic mass is 16.5. The lowest BCUT2D eigenvalue weighted by Crippen LogP contribution is -2.20. The lowest BCUT2D eigenvalue weighted by molar-refractivity contribution is -0.118. The van der Waals surface area contributed by atoms with Crippen molar-refractivity contribution in [2.75, 3.05) is 11.9 Å². The van der Waals surface area contributed by atoms with E-state index in [1.54, 1.807) is 43.3 Å². The summed E-state index contributed by atoms with van der Waals surface area (Å²) in [6.45, 7) is 3.29. The van der Waals surface area contributed by atoms with E-state index < -0.39 is 0 Å². The van der Waals surface area contributed by atoms with Crippen LogP contribution >= 0.6 is 0 Å². The molecule has 0 spiro atoms. The summed E-state index contributed by atoms with van der Waals surface area (Å²) in [5.41, 5.74) is 0.868. The number of fused-ring (bicyclic) bond motifs is 1. The largest absolute Gasteiger partial charge is 0.484 e. The normalized spacial score (nSPS) is 10.6. The van der Waals surface area contributed by atoms with Gasteiger partial charge in [-0.2, -0.15) is 0 Å². The summed E-state index contributed by atoms with van der Waals surface area (Å²) >= 11 is 0. The molecular weight excluding hydrogens is 396 g/mol. The maximum atomic E-state index is 12.9. The van der Waals surface area contributed by atoms with Crippen LogP contribution in [0.3, 0.4) is 0 Å². The number of para-hydroxylation sites is 1. The summed E-state index contributed by atoms with van der Waals surface area (Å²) < 4.78 is 17.1. The van der Waals surface area contributed by atoms with Crippen LogP contribution in [0.15, 0.2) is 75.9 Å². The molecule has 0 aliphatic carbocycles. The number of pyridine rings is 1. The van der Waals surface area contributed by atoms with Crippen molar-refractivity contribution in [1.29, 1.82) is 0 Å². The van der Waals surface area contributed by atoms with Crippen molar-refractivity contribution in [2.24, 2.45) is 0 Å². The van der Waals surface area contributed by atoms with Crippen molar-refractivity contribution >= 4 is 22.7 Å². The molecule has 0 unspecified atom stereocenters. The number of anilines is 1. The maximum absolute atomic E-state index is 12.9. The van der Waals surface area contributed by atoms with Gasteiger partial charge in [-0.15, -0.1) is 0 Å². The van der Waals surface area contributed by atoms with E-state index in [9.17, 15) is 9.59 Å². The molecule has 2 heterocycles. The molecular formula is C24H20N2O5. The Morgan fingerprint density at radius 1 is 1.00 bits per heavy atom. The molecule has 0 aliphatic heterocycles. The highest BCUT2D eigenvalue weighted by Gasteiger charge is 2.15. The number of carbonyl (C=O) groups excluding carboxylic acids is 1. The molecule has 0 saturated carbocycles. The predicted molar refractivity (Wildman–Crippen MR) is 117 cm³/mol. The van der Waals surface area contributed by atoms with Crippen LogP contribution < -0.4 is 20.2 Å². The van der Waals surface area contributed by atoms with Crippen molar-refractivity contribution in [2.45, 2.75) is 13.8 Å². The van der Waals surface area contributed by atoms with Gasteiger partial charge in [0.2, 0.25) is 11.2 Å². The Balaban J connectivity index is 1.50. The zero-order chi connectivity index (χ0) is 21.8. The Labute approximate surface area is 178 Å². The number of nitrogens with one attached hydrogen (secondary N) is 1. The molecule has 156 valence electrons. The summed E-state index contributed by atoms with van der Waals surface area (Å²) in [7, 11) is 0. The van der Waals surface area contributed by atoms with Crippen molar-refractivity contribution in [3.63, 3.8) is 0 Å². The minimum atomic E-state index is -0.345. The van der Waals surface area contributed by atoms with Gasteiger partial charge in [0, 0.05) is 11.8 Å². The number of hydrogen-bond donors (Lipinski definition) is 1. The van der Waals surface area contributed by atoms with E-state index in [2.05, 4.69) is 10.3 Å². The maximum Gasteiger partial charge on any atom is 0.263 e. The van der Waals surface area contributed by atoms with Gasteiger partial charge in [-0.05, 0) is 50.2 Å². The summed E-state index contributed by atoms with van der Waals surface area (Å²) in [5, 5.41) is 3.03. The average molecular weight is 416 g/mol. The Bertz CT molecular complexity index is 1300. The van der Waals surface area contributed by atoms with Crippen molar-refractivity contribution < 1.29 is 18.7 Å². The van der Waals surface area contributed by atoms with Crippen LogP contribution in [0.5, 0.6) is 17.2 Å². The average Bonchev–Trinajstić information content (AvgIpc) is 2.76. The van der Waals surface area contributed by atoms with Gasteiger partial charge in [-0.1, -0.05) is 24.3 Å². The number of amides is 1. The van der Waals surface area contributed by atoms with Gasteiger partial charge in [-0.25, -0.2) is 4.98 Å². The molecule has 2 aromatic heterocycles. The third kappa shape index (κ3) is 4.72. The second kappa shape index (κ2) is 8.71. The molecule has 7 nitrogen and oxygen atoms in total. The zero-order valence-electron chi connectivity index (χ0n) is 17.0. The Kier molecular flexibility index (Phi) is 5.66. The molecule has 0 radical (unpaired) electrons. The predicted octanol–water partition coefficient (Wildman–Crippen LogP) is 4.61. The summed E-state index contributed by atoms with van der Waals surface area (Å²) in [6, 6.07) is 19.2. The van der Waals surface area contributed by atoms with Crippen LogP contribution in [0, 0.1) is 13.8 Å². The first kappa shape index (κ1) is 20.2. The molecule has 1 amide bonds. The quantitative estimate of drug-likeness (QED) is 0.493. The standard InChI is InChI=1S/C24H20N2O5/c1-15-7-6-10-21(25-15)26-22(27)14-29-18-11-12-19-20(13-18)30-16(2)24(23(19)28)31-17-8-4-3-5-9-17/h3-13H,14H2,1-2H3,(H,25,26,27). The number of carbonyl (C=O) groups is 1. The first-order valence-electron chi connectivity index (χ1n) is 9.66. The molecule has 7 heteroatoms. The fourth-order valence-corrected chi connectivity index (χ4v) is 3.02. The van der Waals surface area contributed by atoms with Crippen molar-refractivity contribution in [3.05, 3.63) is 88.4 Å². The number of rotatable bonds is 6. The Hall–Kier alpha value is -4.13. The van der Waals surface area contributed by atoms with E-state index in [4.69, 9.17) is 13.9 Å². The van der Waals surface area contributed by atoms with Crippen LogP contribution in [-0.2, 0) is 4.79 Å². The van der Waals surface area contributed by atoms with Gasteiger partial charge >= 0.3 is 0 Å². The third-order valence-electron chi connectivity index (χ3n) is 4.48. The van der Waals surface area contributed by atoms with E-state index in [-0.39, 0.29) is 23.7 Å². The van der Waals surface area contributed by atoms with E-state index in [1.165, 1.54) is 0 Å². The SMILES string of the molecule is Cc1cccc(NC(=O)COc2ccc3c(=O)c(Oc4ccccc4)c(C)oc3c2)n1. The highest BCUT2D eigenvalue weighted by Crippen LogP contribution is 2.27. The van der Waals surface area contributed by atoms with E-state index in [1.807, 2.05) is 37.3 Å². The van der Waals surface area contributed by atoms with Crippen molar-refractivity contribution in [1.82, 2.24) is 4.98 Å². The first-order valence-corrected chi connectivity index (χ1v) is 9.66. The van der Waals surface area contributed by atoms with Gasteiger partial charge in [0.25, 0.3) is 5.91 Å². The summed E-state index contributed by atoms with van der Waals surface area (Å²) in [6.07, 6.45) is 0. The monoisotopic (exact) mass is 416 g/mol. The fourth-order valence-electron chi connectivity index (χ4n) is 3.02. The Morgan fingerprint density at radius 3 is 2.58 bits per heavy atom. The van der Waals surface area contributed by atoms with Gasteiger partial charge in [-0.3, -0.25) is 9.59 Å². The molecule has 0 fully saturated rings. The minimum Gasteiger partial charge on any atom is -0.484 e. The summed E-state index contributed by atoms with van der Waals surface area (Å²) in [4.78, 5) is 29.2. The Morgan fingerprint density at radius 2 is 1.81 bits per heavy atom. The lowest BCUT2D eigenvalue weighted by Gasteiger charge is -2.10. The fraction of sp³-hybridized carbons (Fsp3) is 0.125. The molecule has 2 aromatic carbocycles. The van der Waals surface area contributed by atoms with Crippen molar-refractivity contribution in [3.8, 4) is 17.2 Å². The van der Waals surface area contributed by atoms with E-state index in [0.29, 0.717) is 34.0 Å². The van der Waals surface area contributed by atoms with Gasteiger partial charge in [0.15, 0.2) is 6.61 Å². The topological polar surface area (TPSA) is 90.7 Å². The molecule has 0 bridgehead atoms. The molecule has 31 heavy (non-hydrogen) atoms. The first-order chi connectivity index (χ1) is 15.0.